The van der Waals surface area contributed by atoms with E-state index >= 15 is 0 Å². The fourth-order valence-electron chi connectivity index (χ4n) is 3.79. The number of sulfonamides is 1. The summed E-state index contributed by atoms with van der Waals surface area (Å²) >= 11 is 2.83. The summed E-state index contributed by atoms with van der Waals surface area (Å²) in [5, 5.41) is 4.26. The summed E-state index contributed by atoms with van der Waals surface area (Å²) in [6.45, 7) is 3.19. The van der Waals surface area contributed by atoms with Gasteiger partial charge in [0.15, 0.2) is 11.9 Å². The Labute approximate surface area is 224 Å². The molecule has 0 aliphatic rings. The summed E-state index contributed by atoms with van der Waals surface area (Å²) in [6, 6.07) is 13.1. The van der Waals surface area contributed by atoms with Gasteiger partial charge in [-0.3, -0.25) is 9.52 Å². The molecular formula is C26H20FN3O5S3. The van der Waals surface area contributed by atoms with Crippen molar-refractivity contribution in [3.05, 3.63) is 98.5 Å². The number of carbonyl (C=O) groups excluding carboxylic acids is 1. The molecule has 12 heteroatoms. The first-order chi connectivity index (χ1) is 18.1. The largest absolute Gasteiger partial charge is 0.451 e. The first-order valence-corrected chi connectivity index (χ1v) is 14.5. The number of fused-ring (bicyclic) bond motifs is 1. The predicted octanol–water partition coefficient (Wildman–Crippen LogP) is 5.88. The summed E-state index contributed by atoms with van der Waals surface area (Å²) in [5.41, 5.74) is 0.714. The molecule has 0 bridgehead atoms. The molecule has 3 heterocycles. The lowest BCUT2D eigenvalue weighted by Crippen LogP contribution is -2.18. The predicted molar refractivity (Wildman–Crippen MR) is 146 cm³/mol. The van der Waals surface area contributed by atoms with Gasteiger partial charge in [-0.1, -0.05) is 24.3 Å². The Morgan fingerprint density at radius 2 is 1.92 bits per heavy atom. The number of carbonyl (C=O) groups is 1. The second-order valence-electron chi connectivity index (χ2n) is 8.37. The summed E-state index contributed by atoms with van der Waals surface area (Å²) in [4.78, 5) is 34.4. The molecule has 0 amide bonds. The van der Waals surface area contributed by atoms with E-state index in [1.54, 1.807) is 13.8 Å². The second-order valence-corrected chi connectivity index (χ2v) is 11.9. The van der Waals surface area contributed by atoms with Crippen molar-refractivity contribution in [2.24, 2.45) is 0 Å². The number of nitrogens with one attached hydrogen (secondary N) is 2. The zero-order valence-electron chi connectivity index (χ0n) is 20.0. The number of thiophene rings is 2. The number of benzene rings is 2. The number of halogens is 1. The van der Waals surface area contributed by atoms with Crippen LogP contribution in [0.4, 0.5) is 10.1 Å². The van der Waals surface area contributed by atoms with Crippen LogP contribution in [0.3, 0.4) is 0 Å². The van der Waals surface area contributed by atoms with E-state index in [0.29, 0.717) is 15.8 Å². The highest BCUT2D eigenvalue weighted by Gasteiger charge is 2.23. The number of H-pyrrole nitrogens is 1. The van der Waals surface area contributed by atoms with Crippen LogP contribution in [-0.4, -0.2) is 24.4 Å². The molecular weight excluding hydrogens is 550 g/mol. The molecule has 0 unspecified atom stereocenters. The molecule has 0 aliphatic carbocycles. The molecule has 0 saturated carbocycles. The second kappa shape index (κ2) is 10.1. The van der Waals surface area contributed by atoms with E-state index in [1.165, 1.54) is 59.1 Å². The van der Waals surface area contributed by atoms with Gasteiger partial charge in [0.25, 0.3) is 15.6 Å². The number of hydrogen-bond acceptors (Lipinski definition) is 8. The lowest BCUT2D eigenvalue weighted by Gasteiger charge is -2.15. The topological polar surface area (TPSA) is 118 Å². The van der Waals surface area contributed by atoms with Crippen molar-refractivity contribution in [2.75, 3.05) is 4.72 Å². The average Bonchev–Trinajstić information content (AvgIpc) is 3.55. The van der Waals surface area contributed by atoms with Crippen LogP contribution in [0, 0.1) is 12.7 Å². The molecule has 5 aromatic rings. The number of esters is 1. The molecule has 0 saturated heterocycles. The van der Waals surface area contributed by atoms with Crippen LogP contribution in [0.25, 0.3) is 20.7 Å². The van der Waals surface area contributed by atoms with E-state index in [-0.39, 0.29) is 27.5 Å². The molecule has 0 fully saturated rings. The average molecular weight is 570 g/mol. The van der Waals surface area contributed by atoms with Crippen molar-refractivity contribution in [2.45, 2.75) is 24.8 Å². The molecule has 1 atom stereocenters. The number of hydrogen-bond donors (Lipinski definition) is 2. The van der Waals surface area contributed by atoms with E-state index in [1.807, 2.05) is 22.9 Å². The highest BCUT2D eigenvalue weighted by atomic mass is 32.2. The highest BCUT2D eigenvalue weighted by molar-refractivity contribution is 7.92. The van der Waals surface area contributed by atoms with Crippen LogP contribution in [0.15, 0.2) is 75.0 Å². The lowest BCUT2D eigenvalue weighted by molar-refractivity contribution is 0.0319. The van der Waals surface area contributed by atoms with Crippen LogP contribution in [0.2, 0.25) is 0 Å². The van der Waals surface area contributed by atoms with Gasteiger partial charge in [0.2, 0.25) is 0 Å². The van der Waals surface area contributed by atoms with Crippen molar-refractivity contribution in [3.8, 4) is 10.4 Å². The quantitative estimate of drug-likeness (QED) is 0.236. The first-order valence-electron chi connectivity index (χ1n) is 11.3. The molecule has 2 aromatic carbocycles. The SMILES string of the molecule is Cc1ccc(S(=O)(=O)Nc2ccccc2F)cc1C(=O)O[C@@H](C)c1nc2scc(-c3cccs3)c2c(=O)[nH]1. The maximum Gasteiger partial charge on any atom is 0.339 e. The van der Waals surface area contributed by atoms with Crippen LogP contribution >= 0.6 is 22.7 Å². The van der Waals surface area contributed by atoms with E-state index in [2.05, 4.69) is 14.7 Å². The number of nitrogens with zero attached hydrogens (tertiary/aromatic N) is 1. The summed E-state index contributed by atoms with van der Waals surface area (Å²) in [6.07, 6.45) is -0.928. The number of para-hydroxylation sites is 1. The molecule has 0 radical (unpaired) electrons. The van der Waals surface area contributed by atoms with Gasteiger partial charge in [-0.25, -0.2) is 22.6 Å². The van der Waals surface area contributed by atoms with E-state index < -0.39 is 27.9 Å². The Hall–Kier alpha value is -3.87. The van der Waals surface area contributed by atoms with Gasteiger partial charge >= 0.3 is 5.97 Å². The first kappa shape index (κ1) is 25.8. The van der Waals surface area contributed by atoms with Gasteiger partial charge < -0.3 is 9.72 Å². The minimum atomic E-state index is -4.19. The normalized spacial score (nSPS) is 12.4. The minimum absolute atomic E-state index is 0.00721. The monoisotopic (exact) mass is 569 g/mol. The zero-order chi connectivity index (χ0) is 27.0. The number of rotatable bonds is 7. The maximum atomic E-state index is 14.0. The zero-order valence-corrected chi connectivity index (χ0v) is 22.5. The molecule has 0 aliphatic heterocycles. The lowest BCUT2D eigenvalue weighted by atomic mass is 10.1. The van der Waals surface area contributed by atoms with Crippen LogP contribution < -0.4 is 10.3 Å². The van der Waals surface area contributed by atoms with E-state index in [4.69, 9.17) is 4.74 Å². The van der Waals surface area contributed by atoms with Crippen LogP contribution in [0.1, 0.15) is 34.8 Å². The van der Waals surface area contributed by atoms with Gasteiger partial charge in [-0.05, 0) is 55.1 Å². The van der Waals surface area contributed by atoms with Crippen LogP contribution in [-0.2, 0) is 14.8 Å². The van der Waals surface area contributed by atoms with Crippen molar-refractivity contribution in [1.29, 1.82) is 0 Å². The summed E-state index contributed by atoms with van der Waals surface area (Å²) < 4.78 is 47.4. The van der Waals surface area contributed by atoms with Crippen molar-refractivity contribution >= 4 is 54.6 Å². The van der Waals surface area contributed by atoms with Gasteiger partial charge in [-0.15, -0.1) is 22.7 Å². The Morgan fingerprint density at radius 1 is 1.13 bits per heavy atom. The number of anilines is 1. The van der Waals surface area contributed by atoms with E-state index in [0.717, 1.165) is 16.5 Å². The fraction of sp³-hybridized carbons (Fsp3) is 0.115. The van der Waals surface area contributed by atoms with E-state index in [9.17, 15) is 22.4 Å². The number of aromatic amines is 1. The Morgan fingerprint density at radius 3 is 2.66 bits per heavy atom. The fourth-order valence-corrected chi connectivity index (χ4v) is 6.65. The van der Waals surface area contributed by atoms with Gasteiger partial charge in [0.05, 0.1) is 21.5 Å². The highest BCUT2D eigenvalue weighted by Crippen LogP contribution is 2.34. The number of aromatic nitrogens is 2. The molecule has 38 heavy (non-hydrogen) atoms. The van der Waals surface area contributed by atoms with Crippen LogP contribution in [0.5, 0.6) is 0 Å². The third-order valence-corrected chi connectivity index (χ3v) is 8.91. The van der Waals surface area contributed by atoms with Crippen molar-refractivity contribution < 1.29 is 22.3 Å². The number of ether oxygens (including phenoxy) is 1. The Kier molecular flexibility index (Phi) is 6.86. The van der Waals surface area contributed by atoms with Crippen molar-refractivity contribution in [3.63, 3.8) is 0 Å². The smallest absolute Gasteiger partial charge is 0.339 e. The Balaban J connectivity index is 1.39. The molecule has 0 spiro atoms. The Bertz CT molecular complexity index is 1830. The minimum Gasteiger partial charge on any atom is -0.451 e. The van der Waals surface area contributed by atoms with Crippen molar-refractivity contribution in [1.82, 2.24) is 9.97 Å². The van der Waals surface area contributed by atoms with Gasteiger partial charge in [0.1, 0.15) is 10.6 Å². The third kappa shape index (κ3) is 4.97. The maximum absolute atomic E-state index is 14.0. The summed E-state index contributed by atoms with van der Waals surface area (Å²) in [5.74, 6) is -1.37. The third-order valence-electron chi connectivity index (χ3n) is 5.78. The molecule has 2 N–H and O–H groups in total. The molecule has 5 rings (SSSR count). The molecule has 3 aromatic heterocycles. The summed E-state index contributed by atoms with van der Waals surface area (Å²) in [7, 11) is -4.19. The van der Waals surface area contributed by atoms with Gasteiger partial charge in [0, 0.05) is 15.8 Å². The molecule has 194 valence electrons. The number of aryl methyl sites for hydroxylation is 1. The standard InChI is InChI=1S/C26H20FN3O5S3/c1-14-9-10-16(38(33,34)30-20-7-4-3-6-19(20)27)12-17(14)26(32)35-15(2)23-28-24(31)22-18(13-37-25(22)29-23)21-8-5-11-36-21/h3-13,15,30H,1-2H3,(H,28,29,31)/t15-/m0/s1. The van der Waals surface area contributed by atoms with Gasteiger partial charge in [-0.2, -0.15) is 0 Å². The molecule has 8 nitrogen and oxygen atoms in total.